The van der Waals surface area contributed by atoms with Crippen LogP contribution in [0.5, 0.6) is 0 Å². The van der Waals surface area contributed by atoms with E-state index in [4.69, 9.17) is 5.73 Å². The molecule has 0 atom stereocenters. The fraction of sp³-hybridized carbons (Fsp3) is 0.0769. The molecule has 2 aromatic rings. The first kappa shape index (κ1) is 14.1. The monoisotopic (exact) mass is 288 g/mol. The van der Waals surface area contributed by atoms with Crippen molar-refractivity contribution >= 4 is 17.1 Å². The lowest BCUT2D eigenvalue weighted by Crippen LogP contribution is -2.05. The normalized spacial score (nSPS) is 11.4. The molecule has 2 nitrogen and oxygen atoms in total. The molecule has 106 valence electrons. The Morgan fingerprint density at radius 2 is 1.55 bits per heavy atom. The number of halogens is 5. The molecule has 3 N–H and O–H groups in total. The lowest BCUT2D eigenvalue weighted by molar-refractivity contribution is -0.137. The Hall–Kier alpha value is -2.31. The van der Waals surface area contributed by atoms with Gasteiger partial charge in [0.05, 0.1) is 16.9 Å². The fourth-order valence-electron chi connectivity index (χ4n) is 1.59. The lowest BCUT2D eigenvalue weighted by Gasteiger charge is -2.11. The predicted molar refractivity (Wildman–Crippen MR) is 65.5 cm³/mol. The summed E-state index contributed by atoms with van der Waals surface area (Å²) in [5.41, 5.74) is 4.46. The summed E-state index contributed by atoms with van der Waals surface area (Å²) in [5, 5.41) is 2.56. The highest BCUT2D eigenvalue weighted by Crippen LogP contribution is 2.31. The Labute approximate surface area is 111 Å². The molecule has 0 aliphatic heterocycles. The van der Waals surface area contributed by atoms with E-state index < -0.39 is 23.4 Å². The summed E-state index contributed by atoms with van der Waals surface area (Å²) in [6.07, 6.45) is -4.44. The van der Waals surface area contributed by atoms with E-state index in [-0.39, 0.29) is 17.1 Å². The molecule has 0 aliphatic rings. The van der Waals surface area contributed by atoms with Crippen LogP contribution in [-0.4, -0.2) is 0 Å². The summed E-state index contributed by atoms with van der Waals surface area (Å²) < 4.78 is 63.4. The fourth-order valence-corrected chi connectivity index (χ4v) is 1.59. The highest BCUT2D eigenvalue weighted by Gasteiger charge is 2.29. The molecule has 0 heterocycles. The minimum atomic E-state index is -4.44. The van der Waals surface area contributed by atoms with E-state index in [0.29, 0.717) is 6.07 Å². The maximum Gasteiger partial charge on any atom is 0.416 e. The molecule has 20 heavy (non-hydrogen) atoms. The Balaban J connectivity index is 2.27. The third-order valence-corrected chi connectivity index (χ3v) is 2.59. The van der Waals surface area contributed by atoms with Gasteiger partial charge in [0.15, 0.2) is 5.82 Å². The summed E-state index contributed by atoms with van der Waals surface area (Å²) in [5.74, 6) is -1.79. The van der Waals surface area contributed by atoms with Crippen LogP contribution in [0.3, 0.4) is 0 Å². The van der Waals surface area contributed by atoms with Gasteiger partial charge in [0.2, 0.25) is 0 Å². The number of nitrogen functional groups attached to an aromatic ring is 1. The zero-order chi connectivity index (χ0) is 14.9. The molecule has 0 aromatic heterocycles. The first-order valence-electron chi connectivity index (χ1n) is 5.46. The summed E-state index contributed by atoms with van der Waals surface area (Å²) in [4.78, 5) is 0. The van der Waals surface area contributed by atoms with E-state index in [0.717, 1.165) is 30.3 Å². The summed E-state index contributed by atoms with van der Waals surface area (Å²) in [6, 6.07) is 5.57. The Morgan fingerprint density at radius 3 is 2.10 bits per heavy atom. The number of rotatable bonds is 2. The van der Waals surface area contributed by atoms with E-state index >= 15 is 0 Å². The van der Waals surface area contributed by atoms with Crippen LogP contribution in [0, 0.1) is 11.6 Å². The van der Waals surface area contributed by atoms with Crippen LogP contribution < -0.4 is 11.1 Å². The second kappa shape index (κ2) is 4.99. The molecule has 7 heteroatoms. The van der Waals surface area contributed by atoms with Gasteiger partial charge < -0.3 is 11.1 Å². The molecule has 0 radical (unpaired) electrons. The van der Waals surface area contributed by atoms with Crippen LogP contribution in [0.15, 0.2) is 36.4 Å². The van der Waals surface area contributed by atoms with E-state index in [2.05, 4.69) is 5.32 Å². The first-order valence-corrected chi connectivity index (χ1v) is 5.46. The summed E-state index contributed by atoms with van der Waals surface area (Å²) in [7, 11) is 0. The SMILES string of the molecule is Nc1c(F)cc(F)cc1Nc1ccc(C(F)(F)F)cc1. The molecule has 0 saturated carbocycles. The van der Waals surface area contributed by atoms with Gasteiger partial charge in [0, 0.05) is 11.8 Å². The summed E-state index contributed by atoms with van der Waals surface area (Å²) >= 11 is 0. The van der Waals surface area contributed by atoms with E-state index in [1.807, 2.05) is 0 Å². The van der Waals surface area contributed by atoms with Crippen molar-refractivity contribution in [1.29, 1.82) is 0 Å². The van der Waals surface area contributed by atoms with Gasteiger partial charge >= 0.3 is 6.18 Å². The first-order chi connectivity index (χ1) is 9.27. The maximum atomic E-state index is 13.2. The van der Waals surface area contributed by atoms with Gasteiger partial charge in [-0.25, -0.2) is 8.78 Å². The molecule has 0 amide bonds. The molecule has 0 fully saturated rings. The smallest absolute Gasteiger partial charge is 0.395 e. The van der Waals surface area contributed by atoms with Crippen molar-refractivity contribution in [2.24, 2.45) is 0 Å². The highest BCUT2D eigenvalue weighted by molar-refractivity contribution is 5.73. The van der Waals surface area contributed by atoms with Crippen LogP contribution in [0.2, 0.25) is 0 Å². The maximum absolute atomic E-state index is 13.2. The number of hydrogen-bond acceptors (Lipinski definition) is 2. The van der Waals surface area contributed by atoms with Crippen LogP contribution in [-0.2, 0) is 6.18 Å². The van der Waals surface area contributed by atoms with Crippen LogP contribution in [0.25, 0.3) is 0 Å². The molecule has 0 saturated heterocycles. The number of benzene rings is 2. The van der Waals surface area contributed by atoms with E-state index in [9.17, 15) is 22.0 Å². The van der Waals surface area contributed by atoms with Gasteiger partial charge in [-0.2, -0.15) is 13.2 Å². The van der Waals surface area contributed by atoms with Crippen LogP contribution in [0.4, 0.5) is 39.0 Å². The number of anilines is 3. The molecule has 2 aromatic carbocycles. The quantitative estimate of drug-likeness (QED) is 0.638. The lowest BCUT2D eigenvalue weighted by atomic mass is 10.2. The minimum absolute atomic E-state index is 0.0535. The zero-order valence-electron chi connectivity index (χ0n) is 9.93. The average Bonchev–Trinajstić information content (AvgIpc) is 2.35. The number of hydrogen-bond donors (Lipinski definition) is 2. The predicted octanol–water partition coefficient (Wildman–Crippen LogP) is 4.31. The highest BCUT2D eigenvalue weighted by atomic mass is 19.4. The standard InChI is InChI=1S/C13H9F5N2/c14-8-5-10(15)12(19)11(6-8)20-9-3-1-7(2-4-9)13(16,17)18/h1-6,20H,19H2. The second-order valence-electron chi connectivity index (χ2n) is 4.05. The average molecular weight is 288 g/mol. The largest absolute Gasteiger partial charge is 0.416 e. The van der Waals surface area contributed by atoms with Crippen molar-refractivity contribution in [3.05, 3.63) is 53.6 Å². The van der Waals surface area contributed by atoms with Gasteiger partial charge in [-0.1, -0.05) is 0 Å². The topological polar surface area (TPSA) is 38.0 Å². The van der Waals surface area contributed by atoms with Crippen molar-refractivity contribution in [1.82, 2.24) is 0 Å². The Morgan fingerprint density at radius 1 is 0.950 bits per heavy atom. The molecule has 0 aliphatic carbocycles. The Bertz CT molecular complexity index is 620. The summed E-state index contributed by atoms with van der Waals surface area (Å²) in [6.45, 7) is 0. The Kier molecular flexibility index (Phi) is 3.52. The van der Waals surface area contributed by atoms with Gasteiger partial charge in [0.1, 0.15) is 5.82 Å². The molecule has 0 bridgehead atoms. The molecular formula is C13H9F5N2. The van der Waals surface area contributed by atoms with Gasteiger partial charge in [-0.15, -0.1) is 0 Å². The number of nitrogens with two attached hydrogens (primary N) is 1. The van der Waals surface area contributed by atoms with Crippen molar-refractivity contribution in [2.75, 3.05) is 11.1 Å². The van der Waals surface area contributed by atoms with E-state index in [1.165, 1.54) is 0 Å². The van der Waals surface area contributed by atoms with Crippen molar-refractivity contribution < 1.29 is 22.0 Å². The number of alkyl halides is 3. The second-order valence-corrected chi connectivity index (χ2v) is 4.05. The van der Waals surface area contributed by atoms with Crippen molar-refractivity contribution in [3.63, 3.8) is 0 Å². The number of nitrogens with one attached hydrogen (secondary N) is 1. The van der Waals surface area contributed by atoms with E-state index in [1.54, 1.807) is 0 Å². The van der Waals surface area contributed by atoms with Crippen LogP contribution >= 0.6 is 0 Å². The van der Waals surface area contributed by atoms with Gasteiger partial charge in [-0.05, 0) is 30.3 Å². The molecule has 0 unspecified atom stereocenters. The molecular weight excluding hydrogens is 279 g/mol. The van der Waals surface area contributed by atoms with Gasteiger partial charge in [-0.3, -0.25) is 0 Å². The van der Waals surface area contributed by atoms with Gasteiger partial charge in [0.25, 0.3) is 0 Å². The molecule has 0 spiro atoms. The third kappa shape index (κ3) is 2.98. The van der Waals surface area contributed by atoms with Crippen molar-refractivity contribution in [3.8, 4) is 0 Å². The minimum Gasteiger partial charge on any atom is -0.395 e. The zero-order valence-corrected chi connectivity index (χ0v) is 9.93. The third-order valence-electron chi connectivity index (χ3n) is 2.59. The van der Waals surface area contributed by atoms with Crippen LogP contribution in [0.1, 0.15) is 5.56 Å². The van der Waals surface area contributed by atoms with Crippen molar-refractivity contribution in [2.45, 2.75) is 6.18 Å². The molecule has 2 rings (SSSR count).